The molecule has 0 radical (unpaired) electrons. The summed E-state index contributed by atoms with van der Waals surface area (Å²) in [6, 6.07) is 6.94. The van der Waals surface area contributed by atoms with E-state index >= 15 is 0 Å². The number of hydrogen-bond acceptors (Lipinski definition) is 3. The lowest BCUT2D eigenvalue weighted by Gasteiger charge is -2.11. The molecule has 1 heterocycles. The van der Waals surface area contributed by atoms with Crippen LogP contribution in [0.4, 0.5) is 15.9 Å². The van der Waals surface area contributed by atoms with Gasteiger partial charge in [0.15, 0.2) is 0 Å². The molecule has 3 rings (SSSR count). The third-order valence-corrected chi connectivity index (χ3v) is 4.24. The van der Waals surface area contributed by atoms with Crippen molar-refractivity contribution in [3.8, 4) is 0 Å². The number of halogens is 1. The van der Waals surface area contributed by atoms with Crippen molar-refractivity contribution in [1.82, 2.24) is 4.98 Å². The molecule has 0 unspecified atom stereocenters. The van der Waals surface area contributed by atoms with Crippen molar-refractivity contribution in [3.63, 3.8) is 0 Å². The third-order valence-electron chi connectivity index (χ3n) is 4.24. The average Bonchev–Trinajstić information content (AvgIpc) is 2.74. The first-order chi connectivity index (χ1) is 11.1. The molecule has 0 aliphatic heterocycles. The number of rotatable bonds is 4. The standard InChI is InChI=1S/C19H21FN2O/c1-13(23)9-15-7-8-17(11-18(15)20)22-19-10-14-5-3-2-4-6-16(14)12-21-19/h7-8,10-12H,2-6,9H2,1H3,(H,21,22). The van der Waals surface area contributed by atoms with Crippen LogP contribution in [0.1, 0.15) is 42.9 Å². The van der Waals surface area contributed by atoms with E-state index in [-0.39, 0.29) is 18.0 Å². The minimum absolute atomic E-state index is 0.0444. The van der Waals surface area contributed by atoms with Crippen LogP contribution in [0.3, 0.4) is 0 Å². The summed E-state index contributed by atoms with van der Waals surface area (Å²) in [5, 5.41) is 3.16. The Bertz CT molecular complexity index is 727. The minimum atomic E-state index is -0.361. The Kier molecular flexibility index (Phi) is 4.70. The van der Waals surface area contributed by atoms with Crippen molar-refractivity contribution in [2.45, 2.75) is 45.4 Å². The highest BCUT2D eigenvalue weighted by Gasteiger charge is 2.10. The van der Waals surface area contributed by atoms with Crippen molar-refractivity contribution in [1.29, 1.82) is 0 Å². The Hall–Kier alpha value is -2.23. The highest BCUT2D eigenvalue weighted by atomic mass is 19.1. The molecule has 120 valence electrons. The van der Waals surface area contributed by atoms with Gasteiger partial charge in [-0.3, -0.25) is 4.79 Å². The lowest BCUT2D eigenvalue weighted by Crippen LogP contribution is -2.02. The van der Waals surface area contributed by atoms with Crippen molar-refractivity contribution in [2.24, 2.45) is 0 Å². The quantitative estimate of drug-likeness (QED) is 0.853. The summed E-state index contributed by atoms with van der Waals surface area (Å²) in [4.78, 5) is 15.6. The largest absolute Gasteiger partial charge is 0.340 e. The number of nitrogens with one attached hydrogen (secondary N) is 1. The van der Waals surface area contributed by atoms with Gasteiger partial charge in [-0.1, -0.05) is 12.5 Å². The van der Waals surface area contributed by atoms with E-state index < -0.39 is 0 Å². The number of hydrogen-bond donors (Lipinski definition) is 1. The second kappa shape index (κ2) is 6.90. The van der Waals surface area contributed by atoms with Crippen LogP contribution in [-0.2, 0) is 24.1 Å². The molecule has 0 fully saturated rings. The third kappa shape index (κ3) is 3.95. The summed E-state index contributed by atoms with van der Waals surface area (Å²) in [6.45, 7) is 1.46. The van der Waals surface area contributed by atoms with E-state index in [0.717, 1.165) is 18.7 Å². The van der Waals surface area contributed by atoms with Crippen LogP contribution in [0.2, 0.25) is 0 Å². The van der Waals surface area contributed by atoms with Gasteiger partial charge < -0.3 is 5.32 Å². The van der Waals surface area contributed by atoms with Gasteiger partial charge in [-0.2, -0.15) is 0 Å². The van der Waals surface area contributed by atoms with Crippen LogP contribution in [0.15, 0.2) is 30.5 Å². The molecule has 23 heavy (non-hydrogen) atoms. The number of carbonyl (C=O) groups is 1. The second-order valence-electron chi connectivity index (χ2n) is 6.21. The SMILES string of the molecule is CC(=O)Cc1ccc(Nc2cc3c(cn2)CCCCC3)cc1F. The first-order valence-electron chi connectivity index (χ1n) is 8.14. The van der Waals surface area contributed by atoms with Crippen LogP contribution >= 0.6 is 0 Å². The van der Waals surface area contributed by atoms with Crippen LogP contribution in [0.5, 0.6) is 0 Å². The predicted molar refractivity (Wildman–Crippen MR) is 89.6 cm³/mol. The molecule has 0 amide bonds. The molecular formula is C19H21FN2O. The molecule has 3 nitrogen and oxygen atoms in total. The van der Waals surface area contributed by atoms with Crippen LogP contribution in [0.25, 0.3) is 0 Å². The fourth-order valence-electron chi connectivity index (χ4n) is 3.04. The smallest absolute Gasteiger partial charge is 0.134 e. The summed E-state index contributed by atoms with van der Waals surface area (Å²) < 4.78 is 14.0. The summed E-state index contributed by atoms with van der Waals surface area (Å²) in [5.74, 6) is 0.335. The van der Waals surface area contributed by atoms with E-state index in [1.165, 1.54) is 43.4 Å². The Morgan fingerprint density at radius 2 is 1.96 bits per heavy atom. The number of fused-ring (bicyclic) bond motifs is 1. The number of Topliss-reactive ketones (excluding diaryl/α,β-unsaturated/α-hetero) is 1. The lowest BCUT2D eigenvalue weighted by molar-refractivity contribution is -0.116. The maximum absolute atomic E-state index is 14.0. The van der Waals surface area contributed by atoms with Crippen LogP contribution < -0.4 is 5.32 Å². The monoisotopic (exact) mass is 312 g/mol. The zero-order valence-electron chi connectivity index (χ0n) is 13.4. The van der Waals surface area contributed by atoms with Gasteiger partial charge in [-0.15, -0.1) is 0 Å². The van der Waals surface area contributed by atoms with Gasteiger partial charge in [0, 0.05) is 18.3 Å². The van der Waals surface area contributed by atoms with Crippen molar-refractivity contribution in [2.75, 3.05) is 5.32 Å². The maximum Gasteiger partial charge on any atom is 0.134 e. The van der Waals surface area contributed by atoms with Crippen molar-refractivity contribution < 1.29 is 9.18 Å². The number of anilines is 2. The molecule has 0 atom stereocenters. The van der Waals surface area contributed by atoms with Gasteiger partial charge in [0.2, 0.25) is 0 Å². The molecule has 4 heteroatoms. The summed E-state index contributed by atoms with van der Waals surface area (Å²) in [7, 11) is 0. The second-order valence-corrected chi connectivity index (χ2v) is 6.21. The number of benzene rings is 1. The first-order valence-corrected chi connectivity index (χ1v) is 8.14. The molecule has 0 saturated carbocycles. The van der Waals surface area contributed by atoms with Crippen molar-refractivity contribution >= 4 is 17.3 Å². The number of carbonyl (C=O) groups excluding carboxylic acids is 1. The van der Waals surface area contributed by atoms with E-state index in [1.54, 1.807) is 12.1 Å². The van der Waals surface area contributed by atoms with E-state index in [4.69, 9.17) is 0 Å². The number of pyridine rings is 1. The molecule has 1 N–H and O–H groups in total. The fraction of sp³-hybridized carbons (Fsp3) is 0.368. The Labute approximate surface area is 135 Å². The highest BCUT2D eigenvalue weighted by Crippen LogP contribution is 2.24. The molecule has 2 aromatic rings. The maximum atomic E-state index is 14.0. The van der Waals surface area contributed by atoms with Crippen LogP contribution in [0, 0.1) is 5.82 Å². The van der Waals surface area contributed by atoms with Crippen molar-refractivity contribution in [3.05, 3.63) is 53.0 Å². The number of ketones is 1. The van der Waals surface area contributed by atoms with Gasteiger partial charge in [0.25, 0.3) is 0 Å². The first kappa shape index (κ1) is 15.7. The molecule has 1 aromatic carbocycles. The molecule has 0 spiro atoms. The van der Waals surface area contributed by atoms with Crippen LogP contribution in [-0.4, -0.2) is 10.8 Å². The minimum Gasteiger partial charge on any atom is -0.340 e. The average molecular weight is 312 g/mol. The number of aromatic nitrogens is 1. The van der Waals surface area contributed by atoms with Gasteiger partial charge in [0.1, 0.15) is 17.4 Å². The Morgan fingerprint density at radius 3 is 2.70 bits per heavy atom. The molecule has 1 aliphatic carbocycles. The molecule has 0 bridgehead atoms. The van der Waals surface area contributed by atoms with Gasteiger partial charge >= 0.3 is 0 Å². The van der Waals surface area contributed by atoms with E-state index in [9.17, 15) is 9.18 Å². The molecular weight excluding hydrogens is 291 g/mol. The molecule has 1 aromatic heterocycles. The van der Waals surface area contributed by atoms with Gasteiger partial charge in [-0.25, -0.2) is 9.37 Å². The van der Waals surface area contributed by atoms with Gasteiger partial charge in [0.05, 0.1) is 0 Å². The predicted octanol–water partition coefficient (Wildman–Crippen LogP) is 4.36. The highest BCUT2D eigenvalue weighted by molar-refractivity contribution is 5.78. The fourth-order valence-corrected chi connectivity index (χ4v) is 3.04. The number of nitrogens with zero attached hydrogens (tertiary/aromatic N) is 1. The normalized spacial score (nSPS) is 14.0. The molecule has 0 saturated heterocycles. The summed E-state index contributed by atoms with van der Waals surface area (Å²) in [6.07, 6.45) is 7.94. The topological polar surface area (TPSA) is 42.0 Å². The zero-order valence-corrected chi connectivity index (χ0v) is 13.4. The summed E-state index contributed by atoms with van der Waals surface area (Å²) >= 11 is 0. The lowest BCUT2D eigenvalue weighted by atomic mass is 10.1. The van der Waals surface area contributed by atoms with E-state index in [2.05, 4.69) is 16.4 Å². The number of aryl methyl sites for hydroxylation is 2. The zero-order chi connectivity index (χ0) is 16.2. The van der Waals surface area contributed by atoms with Gasteiger partial charge in [-0.05, 0) is 67.5 Å². The Balaban J connectivity index is 1.78. The molecule has 1 aliphatic rings. The Morgan fingerprint density at radius 1 is 1.17 bits per heavy atom. The van der Waals surface area contributed by atoms with E-state index in [0.29, 0.717) is 11.3 Å². The van der Waals surface area contributed by atoms with E-state index in [1.807, 2.05) is 6.20 Å². The summed E-state index contributed by atoms with van der Waals surface area (Å²) in [5.41, 5.74) is 3.75.